The Morgan fingerprint density at radius 1 is 1.48 bits per heavy atom. The number of nitro groups is 1. The van der Waals surface area contributed by atoms with Crippen molar-refractivity contribution >= 4 is 17.3 Å². The van der Waals surface area contributed by atoms with Gasteiger partial charge in [0.15, 0.2) is 0 Å². The Balaban J connectivity index is 2.53. The Morgan fingerprint density at radius 3 is 2.57 bits per heavy atom. The molecule has 1 fully saturated rings. The third-order valence-corrected chi connectivity index (χ3v) is 3.96. The molecular formula is C14H18N2O5. The molecule has 0 saturated heterocycles. The topological polar surface area (TPSA) is 104 Å². The fourth-order valence-electron chi connectivity index (χ4n) is 2.60. The third-order valence-electron chi connectivity index (χ3n) is 3.96. The molecule has 7 heteroatoms. The highest BCUT2D eigenvalue weighted by molar-refractivity contribution is 5.90. The van der Waals surface area contributed by atoms with E-state index in [1.54, 1.807) is 6.92 Å². The van der Waals surface area contributed by atoms with Gasteiger partial charge in [-0.2, -0.15) is 0 Å². The molecule has 0 spiro atoms. The van der Waals surface area contributed by atoms with Gasteiger partial charge in [0, 0.05) is 24.3 Å². The molecule has 0 unspecified atom stereocenters. The van der Waals surface area contributed by atoms with Gasteiger partial charge in [-0.25, -0.2) is 4.79 Å². The number of carboxylic acid groups (broad SMARTS) is 1. The minimum atomic E-state index is -1.20. The van der Waals surface area contributed by atoms with E-state index >= 15 is 0 Å². The van der Waals surface area contributed by atoms with Crippen LogP contribution in [0.3, 0.4) is 0 Å². The van der Waals surface area contributed by atoms with E-state index in [0.29, 0.717) is 17.8 Å². The van der Waals surface area contributed by atoms with Crippen LogP contribution in [0.5, 0.6) is 0 Å². The molecule has 0 amide bonds. The van der Waals surface area contributed by atoms with E-state index in [1.165, 1.54) is 6.07 Å². The summed E-state index contributed by atoms with van der Waals surface area (Å²) in [4.78, 5) is 23.6. The number of benzene rings is 1. The lowest BCUT2D eigenvalue weighted by Crippen LogP contribution is -2.42. The average Bonchev–Trinajstić information content (AvgIpc) is 2.35. The molecule has 0 heterocycles. The predicted octanol–water partition coefficient (Wildman–Crippen LogP) is 1.95. The molecule has 1 aliphatic rings. The zero-order valence-corrected chi connectivity index (χ0v) is 11.8. The molecule has 2 rings (SSSR count). The number of aliphatic hydroxyl groups excluding tert-OH is 1. The first kappa shape index (κ1) is 15.2. The summed E-state index contributed by atoms with van der Waals surface area (Å²) >= 11 is 0. The van der Waals surface area contributed by atoms with Gasteiger partial charge in [0.1, 0.15) is 0 Å². The molecule has 0 aliphatic heterocycles. The summed E-state index contributed by atoms with van der Waals surface area (Å²) < 4.78 is 0. The first-order valence-corrected chi connectivity index (χ1v) is 6.85. The summed E-state index contributed by atoms with van der Waals surface area (Å²) in [5, 5.41) is 29.5. The van der Waals surface area contributed by atoms with E-state index < -0.39 is 10.9 Å². The summed E-state index contributed by atoms with van der Waals surface area (Å²) in [6.45, 7) is 1.87. The standard InChI is InChI=1S/C14H18N2O5/c1-9-12(15(5-6-17)11-3-2-4-11)7-10(14(18)19)8-13(9)16(20)21/h7-8,11,17H,2-6H2,1H3,(H,18,19). The minimum absolute atomic E-state index is 0.0823. The van der Waals surface area contributed by atoms with E-state index in [2.05, 4.69) is 0 Å². The number of hydrogen-bond donors (Lipinski definition) is 2. The second-order valence-corrected chi connectivity index (χ2v) is 5.20. The zero-order valence-electron chi connectivity index (χ0n) is 11.8. The van der Waals surface area contributed by atoms with Gasteiger partial charge in [-0.3, -0.25) is 10.1 Å². The van der Waals surface area contributed by atoms with Crippen LogP contribution in [0.2, 0.25) is 0 Å². The summed E-state index contributed by atoms with van der Waals surface area (Å²) in [7, 11) is 0. The van der Waals surface area contributed by atoms with Crippen molar-refractivity contribution in [1.82, 2.24) is 0 Å². The smallest absolute Gasteiger partial charge is 0.336 e. The van der Waals surface area contributed by atoms with Crippen LogP contribution in [0.1, 0.15) is 35.2 Å². The first-order valence-electron chi connectivity index (χ1n) is 6.85. The van der Waals surface area contributed by atoms with Crippen molar-refractivity contribution in [2.24, 2.45) is 0 Å². The third kappa shape index (κ3) is 2.97. The Morgan fingerprint density at radius 2 is 2.14 bits per heavy atom. The van der Waals surface area contributed by atoms with Crippen LogP contribution in [0.15, 0.2) is 12.1 Å². The van der Waals surface area contributed by atoms with Crippen LogP contribution >= 0.6 is 0 Å². The molecule has 21 heavy (non-hydrogen) atoms. The molecule has 0 radical (unpaired) electrons. The van der Waals surface area contributed by atoms with Gasteiger partial charge in [0.2, 0.25) is 0 Å². The van der Waals surface area contributed by atoms with Crippen LogP contribution in [-0.2, 0) is 0 Å². The van der Waals surface area contributed by atoms with Crippen molar-refractivity contribution in [2.45, 2.75) is 32.2 Å². The molecular weight excluding hydrogens is 276 g/mol. The Labute approximate surface area is 122 Å². The molecule has 0 aromatic heterocycles. The maximum atomic E-state index is 11.2. The van der Waals surface area contributed by atoms with E-state index in [-0.39, 0.29) is 23.9 Å². The molecule has 1 aliphatic carbocycles. The van der Waals surface area contributed by atoms with E-state index in [1.807, 2.05) is 4.90 Å². The van der Waals surface area contributed by atoms with E-state index in [0.717, 1.165) is 25.3 Å². The minimum Gasteiger partial charge on any atom is -0.478 e. The number of carboxylic acids is 1. The van der Waals surface area contributed by atoms with Crippen molar-refractivity contribution in [1.29, 1.82) is 0 Å². The predicted molar refractivity (Wildman–Crippen MR) is 76.9 cm³/mol. The molecule has 0 bridgehead atoms. The molecule has 2 N–H and O–H groups in total. The van der Waals surface area contributed by atoms with Crippen molar-refractivity contribution in [3.05, 3.63) is 33.4 Å². The van der Waals surface area contributed by atoms with Gasteiger partial charge in [-0.05, 0) is 32.3 Å². The number of aliphatic hydroxyl groups is 1. The van der Waals surface area contributed by atoms with Crippen molar-refractivity contribution < 1.29 is 19.9 Å². The lowest BCUT2D eigenvalue weighted by molar-refractivity contribution is -0.385. The number of nitro benzene ring substituents is 1. The molecule has 114 valence electrons. The summed E-state index contributed by atoms with van der Waals surface area (Å²) in [6, 6.07) is 2.75. The molecule has 1 saturated carbocycles. The van der Waals surface area contributed by atoms with E-state index in [9.17, 15) is 20.0 Å². The van der Waals surface area contributed by atoms with Crippen LogP contribution < -0.4 is 4.90 Å². The fraction of sp³-hybridized carbons (Fsp3) is 0.500. The molecule has 1 aromatic rings. The maximum Gasteiger partial charge on any atom is 0.336 e. The highest BCUT2D eigenvalue weighted by atomic mass is 16.6. The van der Waals surface area contributed by atoms with Gasteiger partial charge >= 0.3 is 5.97 Å². The number of rotatable bonds is 6. The van der Waals surface area contributed by atoms with Crippen LogP contribution in [-0.4, -0.2) is 40.3 Å². The molecule has 1 aromatic carbocycles. The van der Waals surface area contributed by atoms with Crippen molar-refractivity contribution in [3.63, 3.8) is 0 Å². The first-order chi connectivity index (χ1) is 9.95. The second-order valence-electron chi connectivity index (χ2n) is 5.20. The number of hydrogen-bond acceptors (Lipinski definition) is 5. The number of anilines is 1. The number of carbonyl (C=O) groups is 1. The summed E-state index contributed by atoms with van der Waals surface area (Å²) in [5.41, 5.74) is 0.655. The SMILES string of the molecule is Cc1c(N(CCO)C2CCC2)cc(C(=O)O)cc1[N+](=O)[O-]. The lowest BCUT2D eigenvalue weighted by atomic mass is 9.90. The van der Waals surface area contributed by atoms with Crippen LogP contribution in [0, 0.1) is 17.0 Å². The quantitative estimate of drug-likeness (QED) is 0.614. The lowest BCUT2D eigenvalue weighted by Gasteiger charge is -2.39. The maximum absolute atomic E-state index is 11.2. The van der Waals surface area contributed by atoms with Crippen LogP contribution in [0.4, 0.5) is 11.4 Å². The Bertz CT molecular complexity index is 569. The summed E-state index contributed by atoms with van der Waals surface area (Å²) in [6.07, 6.45) is 2.97. The van der Waals surface area contributed by atoms with Gasteiger partial charge in [-0.15, -0.1) is 0 Å². The number of aromatic carboxylic acids is 1. The summed E-state index contributed by atoms with van der Waals surface area (Å²) in [5.74, 6) is -1.20. The zero-order chi connectivity index (χ0) is 15.6. The number of nitrogens with zero attached hydrogens (tertiary/aromatic N) is 2. The monoisotopic (exact) mass is 294 g/mol. The molecule has 7 nitrogen and oxygen atoms in total. The van der Waals surface area contributed by atoms with Crippen LogP contribution in [0.25, 0.3) is 0 Å². The Kier molecular flexibility index (Phi) is 4.42. The van der Waals surface area contributed by atoms with Gasteiger partial charge < -0.3 is 15.1 Å². The molecule has 0 atom stereocenters. The van der Waals surface area contributed by atoms with Gasteiger partial charge in [0.25, 0.3) is 5.69 Å². The van der Waals surface area contributed by atoms with Gasteiger partial charge in [0.05, 0.1) is 22.7 Å². The highest BCUT2D eigenvalue weighted by Crippen LogP contribution is 2.35. The Hall–Kier alpha value is -2.15. The average molecular weight is 294 g/mol. The second kappa shape index (κ2) is 6.09. The fourth-order valence-corrected chi connectivity index (χ4v) is 2.60. The highest BCUT2D eigenvalue weighted by Gasteiger charge is 2.29. The van der Waals surface area contributed by atoms with E-state index in [4.69, 9.17) is 5.11 Å². The van der Waals surface area contributed by atoms with Gasteiger partial charge in [-0.1, -0.05) is 0 Å². The van der Waals surface area contributed by atoms with Crippen molar-refractivity contribution in [3.8, 4) is 0 Å². The largest absolute Gasteiger partial charge is 0.478 e. The van der Waals surface area contributed by atoms with Crippen molar-refractivity contribution in [2.75, 3.05) is 18.1 Å². The normalized spacial score (nSPS) is 14.6.